The Morgan fingerprint density at radius 3 is 2.29 bits per heavy atom. The lowest BCUT2D eigenvalue weighted by Gasteiger charge is -2.01. The summed E-state index contributed by atoms with van der Waals surface area (Å²) in [5.74, 6) is -3.60. The molecule has 7 heteroatoms. The van der Waals surface area contributed by atoms with Gasteiger partial charge in [-0.25, -0.2) is 9.59 Å². The van der Waals surface area contributed by atoms with E-state index < -0.39 is 36.7 Å². The average molecular weight is 244 g/mol. The van der Waals surface area contributed by atoms with Crippen molar-refractivity contribution in [1.29, 1.82) is 0 Å². The molecule has 94 valence electrons. The van der Waals surface area contributed by atoms with Crippen LogP contribution in [-0.4, -0.2) is 42.0 Å². The zero-order valence-electron chi connectivity index (χ0n) is 9.17. The lowest BCUT2D eigenvalue weighted by Crippen LogP contribution is -2.17. The maximum absolute atomic E-state index is 11.1. The van der Waals surface area contributed by atoms with E-state index in [0.29, 0.717) is 12.2 Å². The molecule has 0 fully saturated rings. The van der Waals surface area contributed by atoms with Crippen LogP contribution in [0.5, 0.6) is 0 Å². The Labute approximate surface area is 97.0 Å². The minimum Gasteiger partial charge on any atom is -0.478 e. The first kappa shape index (κ1) is 14.8. The zero-order valence-corrected chi connectivity index (χ0v) is 9.17. The van der Waals surface area contributed by atoms with Crippen LogP contribution >= 0.6 is 0 Å². The van der Waals surface area contributed by atoms with Crippen LogP contribution in [0.15, 0.2) is 12.2 Å². The van der Waals surface area contributed by atoms with E-state index >= 15 is 0 Å². The molecule has 0 aliphatic rings. The van der Waals surface area contributed by atoms with Crippen LogP contribution in [0.2, 0.25) is 0 Å². The van der Waals surface area contributed by atoms with Crippen LogP contribution in [0.4, 0.5) is 0 Å². The molecule has 0 rings (SSSR count). The number of Topliss-reactive ketones (excluding diaryl/α,β-unsaturated/α-hetero) is 1. The Hall–Kier alpha value is -2.18. The topological polar surface area (TPSA) is 107 Å². The predicted octanol–water partition coefficient (Wildman–Crippen LogP) is -0.307. The number of ketones is 1. The standard InChI is InChI=1S/C10H12O7/c1-2-16-10(15)5-7(11)6-17-9(14)4-3-8(12)13/h3-4H,2,5-6H2,1H3,(H,12,13)/b4-3+. The maximum Gasteiger partial charge on any atom is 0.331 e. The van der Waals surface area contributed by atoms with Gasteiger partial charge in [0.1, 0.15) is 6.42 Å². The van der Waals surface area contributed by atoms with Crippen LogP contribution < -0.4 is 0 Å². The summed E-state index contributed by atoms with van der Waals surface area (Å²) in [7, 11) is 0. The highest BCUT2D eigenvalue weighted by Gasteiger charge is 2.11. The molecule has 0 unspecified atom stereocenters. The van der Waals surface area contributed by atoms with Crippen LogP contribution in [0.1, 0.15) is 13.3 Å². The number of hydrogen-bond donors (Lipinski definition) is 1. The Morgan fingerprint density at radius 1 is 1.12 bits per heavy atom. The summed E-state index contributed by atoms with van der Waals surface area (Å²) in [6, 6.07) is 0. The van der Waals surface area contributed by atoms with Gasteiger partial charge in [0.25, 0.3) is 0 Å². The number of carbonyl (C=O) groups is 4. The predicted molar refractivity (Wildman–Crippen MR) is 54.0 cm³/mol. The lowest BCUT2D eigenvalue weighted by atomic mass is 10.3. The third-order valence-electron chi connectivity index (χ3n) is 1.38. The van der Waals surface area contributed by atoms with Crippen molar-refractivity contribution in [3.05, 3.63) is 12.2 Å². The van der Waals surface area contributed by atoms with Crippen molar-refractivity contribution in [2.75, 3.05) is 13.2 Å². The van der Waals surface area contributed by atoms with E-state index in [1.165, 1.54) is 0 Å². The van der Waals surface area contributed by atoms with Crippen molar-refractivity contribution >= 4 is 23.7 Å². The second kappa shape index (κ2) is 8.03. The Morgan fingerprint density at radius 2 is 1.76 bits per heavy atom. The molecule has 0 aliphatic heterocycles. The van der Waals surface area contributed by atoms with Gasteiger partial charge in [-0.15, -0.1) is 0 Å². The van der Waals surface area contributed by atoms with Gasteiger partial charge >= 0.3 is 17.9 Å². The fraction of sp³-hybridized carbons (Fsp3) is 0.400. The molecule has 0 spiro atoms. The number of carbonyl (C=O) groups excluding carboxylic acids is 3. The number of esters is 2. The van der Waals surface area contributed by atoms with Crippen LogP contribution in [0.3, 0.4) is 0 Å². The van der Waals surface area contributed by atoms with E-state index in [0.717, 1.165) is 0 Å². The first-order chi connectivity index (χ1) is 7.95. The Kier molecular flexibility index (Phi) is 7.00. The van der Waals surface area contributed by atoms with Crippen molar-refractivity contribution in [1.82, 2.24) is 0 Å². The normalized spacial score (nSPS) is 9.94. The molecule has 0 aromatic rings. The quantitative estimate of drug-likeness (QED) is 0.372. The summed E-state index contributed by atoms with van der Waals surface area (Å²) in [5.41, 5.74) is 0. The molecular weight excluding hydrogens is 232 g/mol. The number of aliphatic carboxylic acids is 1. The van der Waals surface area contributed by atoms with Crippen LogP contribution in [0, 0.1) is 0 Å². The van der Waals surface area contributed by atoms with Crippen molar-refractivity contribution < 1.29 is 33.8 Å². The van der Waals surface area contributed by atoms with Gasteiger partial charge in [-0.2, -0.15) is 0 Å². The van der Waals surface area contributed by atoms with Crippen molar-refractivity contribution in [2.24, 2.45) is 0 Å². The van der Waals surface area contributed by atoms with E-state index in [1.807, 2.05) is 0 Å². The van der Waals surface area contributed by atoms with E-state index in [-0.39, 0.29) is 6.61 Å². The molecular formula is C10H12O7. The summed E-state index contributed by atoms with van der Waals surface area (Å²) in [6.45, 7) is 1.16. The smallest absolute Gasteiger partial charge is 0.331 e. The van der Waals surface area contributed by atoms with E-state index in [4.69, 9.17) is 5.11 Å². The van der Waals surface area contributed by atoms with Gasteiger partial charge in [0.15, 0.2) is 12.4 Å². The van der Waals surface area contributed by atoms with Gasteiger partial charge in [-0.3, -0.25) is 9.59 Å². The molecule has 0 saturated heterocycles. The molecule has 0 aromatic carbocycles. The number of carboxylic acid groups (broad SMARTS) is 1. The third kappa shape index (κ3) is 8.79. The van der Waals surface area contributed by atoms with Crippen LogP contribution in [-0.2, 0) is 28.7 Å². The van der Waals surface area contributed by atoms with Crippen molar-refractivity contribution in [3.8, 4) is 0 Å². The average Bonchev–Trinajstić information content (AvgIpc) is 2.23. The minimum absolute atomic E-state index is 0.160. The summed E-state index contributed by atoms with van der Waals surface area (Å²) < 4.78 is 8.89. The molecule has 1 N–H and O–H groups in total. The zero-order chi connectivity index (χ0) is 13.3. The second-order valence-corrected chi connectivity index (χ2v) is 2.80. The van der Waals surface area contributed by atoms with Gasteiger partial charge in [-0.05, 0) is 6.92 Å². The minimum atomic E-state index is -1.31. The number of carboxylic acids is 1. The third-order valence-corrected chi connectivity index (χ3v) is 1.38. The molecule has 0 atom stereocenters. The highest BCUT2D eigenvalue weighted by atomic mass is 16.5. The monoisotopic (exact) mass is 244 g/mol. The molecule has 7 nitrogen and oxygen atoms in total. The molecule has 0 aromatic heterocycles. The maximum atomic E-state index is 11.1. The van der Waals surface area contributed by atoms with Gasteiger partial charge in [0, 0.05) is 12.2 Å². The van der Waals surface area contributed by atoms with Crippen LogP contribution in [0.25, 0.3) is 0 Å². The van der Waals surface area contributed by atoms with Gasteiger partial charge in [0.2, 0.25) is 0 Å². The first-order valence-corrected chi connectivity index (χ1v) is 4.70. The summed E-state index contributed by atoms with van der Waals surface area (Å²) in [5, 5.41) is 8.20. The van der Waals surface area contributed by atoms with Gasteiger partial charge < -0.3 is 14.6 Å². The van der Waals surface area contributed by atoms with Crippen molar-refractivity contribution in [2.45, 2.75) is 13.3 Å². The summed E-state index contributed by atoms with van der Waals surface area (Å²) in [4.78, 5) is 42.7. The molecule has 0 aliphatic carbocycles. The summed E-state index contributed by atoms with van der Waals surface area (Å²) >= 11 is 0. The lowest BCUT2D eigenvalue weighted by molar-refractivity contribution is -0.149. The van der Waals surface area contributed by atoms with E-state index in [2.05, 4.69) is 9.47 Å². The molecule has 0 amide bonds. The molecule has 0 bridgehead atoms. The summed E-state index contributed by atoms with van der Waals surface area (Å²) in [6.07, 6.45) is 0.766. The van der Waals surface area contributed by atoms with Gasteiger partial charge in [-0.1, -0.05) is 0 Å². The number of ether oxygens (including phenoxy) is 2. The fourth-order valence-corrected chi connectivity index (χ4v) is 0.763. The second-order valence-electron chi connectivity index (χ2n) is 2.80. The number of rotatable bonds is 7. The Bertz CT molecular complexity index is 343. The SMILES string of the molecule is CCOC(=O)CC(=O)COC(=O)/C=C/C(=O)O. The molecule has 0 heterocycles. The van der Waals surface area contributed by atoms with E-state index in [9.17, 15) is 19.2 Å². The highest BCUT2D eigenvalue weighted by Crippen LogP contribution is 1.91. The highest BCUT2D eigenvalue weighted by molar-refractivity contribution is 5.97. The largest absolute Gasteiger partial charge is 0.478 e. The first-order valence-electron chi connectivity index (χ1n) is 4.70. The molecule has 17 heavy (non-hydrogen) atoms. The molecule has 0 saturated carbocycles. The number of hydrogen-bond acceptors (Lipinski definition) is 6. The van der Waals surface area contributed by atoms with Gasteiger partial charge in [0.05, 0.1) is 6.61 Å². The Balaban J connectivity index is 3.88. The molecule has 0 radical (unpaired) electrons. The van der Waals surface area contributed by atoms with E-state index in [1.54, 1.807) is 6.92 Å². The van der Waals surface area contributed by atoms with Crippen molar-refractivity contribution in [3.63, 3.8) is 0 Å². The fourth-order valence-electron chi connectivity index (χ4n) is 0.763.